The molecule has 3 aromatic rings. The van der Waals surface area contributed by atoms with Gasteiger partial charge in [-0.2, -0.15) is 5.10 Å². The van der Waals surface area contributed by atoms with Gasteiger partial charge in [-0.3, -0.25) is 4.68 Å². The summed E-state index contributed by atoms with van der Waals surface area (Å²) >= 11 is 0. The van der Waals surface area contributed by atoms with Crippen molar-refractivity contribution in [2.24, 2.45) is 14.1 Å². The number of anilines is 1. The number of aromatic nitrogens is 4. The van der Waals surface area contributed by atoms with Gasteiger partial charge in [0.2, 0.25) is 0 Å². The molecular formula is C13H15N5. The van der Waals surface area contributed by atoms with Gasteiger partial charge in [0.05, 0.1) is 6.54 Å². The topological polar surface area (TPSA) is 47.7 Å². The fraction of sp³-hybridized carbons (Fsp3) is 0.231. The lowest BCUT2D eigenvalue weighted by Crippen LogP contribution is -2.06. The van der Waals surface area contributed by atoms with E-state index < -0.39 is 0 Å². The highest BCUT2D eigenvalue weighted by atomic mass is 15.3. The first kappa shape index (κ1) is 10.8. The molecule has 2 aromatic heterocycles. The molecule has 1 aromatic carbocycles. The van der Waals surface area contributed by atoms with Crippen LogP contribution in [0.15, 0.2) is 36.8 Å². The van der Waals surface area contributed by atoms with Crippen LogP contribution in [0, 0.1) is 0 Å². The zero-order valence-corrected chi connectivity index (χ0v) is 10.5. The second kappa shape index (κ2) is 4.18. The molecule has 0 aliphatic heterocycles. The number of nitrogens with one attached hydrogen (secondary N) is 1. The van der Waals surface area contributed by atoms with E-state index in [0.29, 0.717) is 6.54 Å². The van der Waals surface area contributed by atoms with Crippen molar-refractivity contribution in [3.63, 3.8) is 0 Å². The number of fused-ring (bicyclic) bond motifs is 1. The Hall–Kier alpha value is -2.30. The third-order valence-corrected chi connectivity index (χ3v) is 3.14. The lowest BCUT2D eigenvalue weighted by Gasteiger charge is -2.06. The van der Waals surface area contributed by atoms with Crippen LogP contribution in [0.4, 0.5) is 5.69 Å². The average Bonchev–Trinajstić information content (AvgIpc) is 2.94. The van der Waals surface area contributed by atoms with Crippen molar-refractivity contribution in [1.29, 1.82) is 0 Å². The Bertz CT molecular complexity index is 680. The van der Waals surface area contributed by atoms with E-state index in [2.05, 4.69) is 57.5 Å². The van der Waals surface area contributed by atoms with Crippen molar-refractivity contribution in [2.75, 3.05) is 5.32 Å². The van der Waals surface area contributed by atoms with E-state index >= 15 is 0 Å². The molecule has 0 unspecified atom stereocenters. The Kier molecular flexibility index (Phi) is 2.51. The number of benzene rings is 1. The summed E-state index contributed by atoms with van der Waals surface area (Å²) in [6.45, 7) is 0.673. The van der Waals surface area contributed by atoms with E-state index in [1.54, 1.807) is 11.0 Å². The molecule has 0 fully saturated rings. The third-order valence-electron chi connectivity index (χ3n) is 3.14. The van der Waals surface area contributed by atoms with E-state index in [4.69, 9.17) is 0 Å². The molecule has 0 bridgehead atoms. The van der Waals surface area contributed by atoms with E-state index in [9.17, 15) is 0 Å². The van der Waals surface area contributed by atoms with Crippen LogP contribution in [0.1, 0.15) is 5.82 Å². The monoisotopic (exact) mass is 241 g/mol. The predicted molar refractivity (Wildman–Crippen MR) is 71.2 cm³/mol. The lowest BCUT2D eigenvalue weighted by molar-refractivity contribution is 0.712. The first-order valence-electron chi connectivity index (χ1n) is 5.86. The Morgan fingerprint density at radius 2 is 2.11 bits per heavy atom. The van der Waals surface area contributed by atoms with Crippen molar-refractivity contribution in [3.05, 3.63) is 42.6 Å². The van der Waals surface area contributed by atoms with Gasteiger partial charge in [0.1, 0.15) is 12.2 Å². The molecule has 3 rings (SSSR count). The van der Waals surface area contributed by atoms with Gasteiger partial charge in [-0.05, 0) is 23.6 Å². The minimum atomic E-state index is 0.673. The van der Waals surface area contributed by atoms with Gasteiger partial charge in [-0.1, -0.05) is 6.07 Å². The Morgan fingerprint density at radius 3 is 2.89 bits per heavy atom. The molecule has 18 heavy (non-hydrogen) atoms. The summed E-state index contributed by atoms with van der Waals surface area (Å²) in [5.41, 5.74) is 2.31. The average molecular weight is 241 g/mol. The fourth-order valence-corrected chi connectivity index (χ4v) is 2.03. The van der Waals surface area contributed by atoms with Crippen LogP contribution in [-0.4, -0.2) is 19.3 Å². The molecule has 5 heteroatoms. The molecule has 0 radical (unpaired) electrons. The highest BCUT2D eigenvalue weighted by molar-refractivity contribution is 5.83. The van der Waals surface area contributed by atoms with Crippen molar-refractivity contribution in [1.82, 2.24) is 19.3 Å². The molecule has 5 nitrogen and oxygen atoms in total. The molecule has 0 aliphatic rings. The van der Waals surface area contributed by atoms with E-state index in [1.165, 1.54) is 10.9 Å². The summed E-state index contributed by atoms with van der Waals surface area (Å²) in [6, 6.07) is 8.46. The maximum Gasteiger partial charge on any atom is 0.145 e. The maximum absolute atomic E-state index is 4.18. The quantitative estimate of drug-likeness (QED) is 0.762. The Morgan fingerprint density at radius 1 is 1.22 bits per heavy atom. The van der Waals surface area contributed by atoms with Crippen molar-refractivity contribution >= 4 is 16.6 Å². The van der Waals surface area contributed by atoms with Crippen LogP contribution in [0.3, 0.4) is 0 Å². The van der Waals surface area contributed by atoms with Crippen LogP contribution in [0.5, 0.6) is 0 Å². The number of hydrogen-bond donors (Lipinski definition) is 1. The van der Waals surface area contributed by atoms with Crippen molar-refractivity contribution in [2.45, 2.75) is 6.54 Å². The Balaban J connectivity index is 1.82. The molecule has 0 atom stereocenters. The maximum atomic E-state index is 4.18. The minimum Gasteiger partial charge on any atom is -0.378 e. The summed E-state index contributed by atoms with van der Waals surface area (Å²) in [5.74, 6) is 0.918. The standard InChI is InChI=1S/C13H15N5/c1-17-6-5-10-3-4-11(7-12(10)17)14-8-13-15-9-16-18(13)2/h3-7,9,14H,8H2,1-2H3. The van der Waals surface area contributed by atoms with Crippen LogP contribution in [0.25, 0.3) is 10.9 Å². The van der Waals surface area contributed by atoms with Crippen molar-refractivity contribution in [3.8, 4) is 0 Å². The van der Waals surface area contributed by atoms with Gasteiger partial charge >= 0.3 is 0 Å². The molecule has 0 saturated carbocycles. The van der Waals surface area contributed by atoms with Crippen LogP contribution >= 0.6 is 0 Å². The molecule has 0 aliphatic carbocycles. The first-order chi connectivity index (χ1) is 8.74. The van der Waals surface area contributed by atoms with Gasteiger partial charge in [0.25, 0.3) is 0 Å². The molecular weight excluding hydrogens is 226 g/mol. The second-order valence-electron chi connectivity index (χ2n) is 4.35. The van der Waals surface area contributed by atoms with Gasteiger partial charge in [0, 0.05) is 31.5 Å². The predicted octanol–water partition coefficient (Wildman–Crippen LogP) is 1.92. The smallest absolute Gasteiger partial charge is 0.145 e. The molecule has 0 saturated heterocycles. The molecule has 92 valence electrons. The summed E-state index contributed by atoms with van der Waals surface area (Å²) in [4.78, 5) is 4.18. The molecule has 2 heterocycles. The number of nitrogens with zero attached hydrogens (tertiary/aromatic N) is 4. The summed E-state index contributed by atoms with van der Waals surface area (Å²) in [6.07, 6.45) is 3.63. The van der Waals surface area contributed by atoms with Crippen molar-refractivity contribution < 1.29 is 0 Å². The largest absolute Gasteiger partial charge is 0.378 e. The van der Waals surface area contributed by atoms with Gasteiger partial charge in [-0.15, -0.1) is 0 Å². The normalized spacial score (nSPS) is 11.0. The summed E-state index contributed by atoms with van der Waals surface area (Å²) < 4.78 is 3.89. The zero-order chi connectivity index (χ0) is 12.5. The highest BCUT2D eigenvalue weighted by Gasteiger charge is 2.02. The van der Waals surface area contributed by atoms with E-state index in [-0.39, 0.29) is 0 Å². The van der Waals surface area contributed by atoms with Crippen LogP contribution in [-0.2, 0) is 20.6 Å². The Labute approximate surface area is 105 Å². The van der Waals surface area contributed by atoms with Crippen LogP contribution in [0.2, 0.25) is 0 Å². The van der Waals surface area contributed by atoms with E-state index in [1.807, 2.05) is 7.05 Å². The first-order valence-corrected chi connectivity index (χ1v) is 5.86. The lowest BCUT2D eigenvalue weighted by atomic mass is 10.2. The zero-order valence-electron chi connectivity index (χ0n) is 10.5. The fourth-order valence-electron chi connectivity index (χ4n) is 2.03. The minimum absolute atomic E-state index is 0.673. The van der Waals surface area contributed by atoms with Gasteiger partial charge in [0.15, 0.2) is 0 Å². The molecule has 0 spiro atoms. The van der Waals surface area contributed by atoms with Gasteiger partial charge in [-0.25, -0.2) is 4.98 Å². The SMILES string of the molecule is Cn1ncnc1CNc1ccc2ccn(C)c2c1. The highest BCUT2D eigenvalue weighted by Crippen LogP contribution is 2.19. The van der Waals surface area contributed by atoms with E-state index in [0.717, 1.165) is 11.5 Å². The number of rotatable bonds is 3. The third kappa shape index (κ3) is 1.84. The molecule has 1 N–H and O–H groups in total. The van der Waals surface area contributed by atoms with Gasteiger partial charge < -0.3 is 9.88 Å². The molecule has 0 amide bonds. The van der Waals surface area contributed by atoms with Crippen LogP contribution < -0.4 is 5.32 Å². The number of hydrogen-bond acceptors (Lipinski definition) is 3. The second-order valence-corrected chi connectivity index (χ2v) is 4.35. The summed E-state index contributed by atoms with van der Waals surface area (Å²) in [5, 5.41) is 8.66. The number of aryl methyl sites for hydroxylation is 2. The summed E-state index contributed by atoms with van der Waals surface area (Å²) in [7, 11) is 3.94.